The van der Waals surface area contributed by atoms with Crippen LogP contribution in [0.5, 0.6) is 0 Å². The van der Waals surface area contributed by atoms with Crippen molar-refractivity contribution < 1.29 is 0 Å². The second kappa shape index (κ2) is 5.25. The van der Waals surface area contributed by atoms with E-state index in [9.17, 15) is 4.79 Å². The van der Waals surface area contributed by atoms with Crippen molar-refractivity contribution in [3.05, 3.63) is 51.5 Å². The van der Waals surface area contributed by atoms with Gasteiger partial charge in [0.15, 0.2) is 5.65 Å². The molecule has 4 aromatic heterocycles. The molecule has 5 aromatic rings. The quantitative estimate of drug-likeness (QED) is 0.483. The summed E-state index contributed by atoms with van der Waals surface area (Å²) in [5, 5.41) is 11.6. The topological polar surface area (TPSA) is 70.5 Å². The van der Waals surface area contributed by atoms with Crippen LogP contribution in [0.4, 0.5) is 0 Å². The summed E-state index contributed by atoms with van der Waals surface area (Å²) in [5.41, 5.74) is 3.44. The summed E-state index contributed by atoms with van der Waals surface area (Å²) in [4.78, 5) is 17.6. The molecule has 0 radical (unpaired) electrons. The number of hydrogen-bond donors (Lipinski definition) is 0. The fourth-order valence-electron chi connectivity index (χ4n) is 3.54. The van der Waals surface area contributed by atoms with Gasteiger partial charge in [0, 0.05) is 24.9 Å². The van der Waals surface area contributed by atoms with E-state index in [0.29, 0.717) is 12.1 Å². The lowest BCUT2D eigenvalue weighted by Gasteiger charge is -2.07. The van der Waals surface area contributed by atoms with E-state index in [1.165, 1.54) is 4.68 Å². The van der Waals surface area contributed by atoms with Gasteiger partial charge in [0.05, 0.1) is 34.2 Å². The minimum Gasteiger partial charge on any atom is -0.323 e. The van der Waals surface area contributed by atoms with Crippen molar-refractivity contribution >= 4 is 43.5 Å². The zero-order chi connectivity index (χ0) is 18.0. The zero-order valence-corrected chi connectivity index (χ0v) is 15.4. The van der Waals surface area contributed by atoms with Crippen molar-refractivity contribution in [1.82, 2.24) is 29.1 Å². The molecular formula is C18H16N6OS. The van der Waals surface area contributed by atoms with Crippen LogP contribution in [0, 0.1) is 6.92 Å². The molecule has 0 unspecified atom stereocenters. The van der Waals surface area contributed by atoms with Gasteiger partial charge < -0.3 is 4.57 Å². The highest BCUT2D eigenvalue weighted by Crippen LogP contribution is 2.30. The summed E-state index contributed by atoms with van der Waals surface area (Å²) in [5.74, 6) is 0. The van der Waals surface area contributed by atoms with Gasteiger partial charge in [-0.25, -0.2) is 9.67 Å². The average molecular weight is 364 g/mol. The van der Waals surface area contributed by atoms with E-state index in [2.05, 4.69) is 15.2 Å². The molecule has 0 saturated carbocycles. The van der Waals surface area contributed by atoms with Crippen molar-refractivity contribution in [2.24, 2.45) is 14.1 Å². The van der Waals surface area contributed by atoms with E-state index >= 15 is 0 Å². The molecule has 0 aliphatic rings. The molecule has 0 saturated heterocycles. The van der Waals surface area contributed by atoms with Crippen LogP contribution in [0.15, 0.2) is 35.4 Å². The average Bonchev–Trinajstić information content (AvgIpc) is 3.26. The van der Waals surface area contributed by atoms with Gasteiger partial charge in [0.2, 0.25) is 0 Å². The molecule has 4 heterocycles. The first-order chi connectivity index (χ1) is 12.5. The monoisotopic (exact) mass is 364 g/mol. The number of hydrogen-bond acceptors (Lipinski definition) is 5. The Morgan fingerprint density at radius 3 is 2.77 bits per heavy atom. The first-order valence-electron chi connectivity index (χ1n) is 8.26. The summed E-state index contributed by atoms with van der Waals surface area (Å²) < 4.78 is 6.24. The molecule has 5 rings (SSSR count). The number of aromatic nitrogens is 6. The molecule has 0 atom stereocenters. The Labute approximate surface area is 152 Å². The van der Waals surface area contributed by atoms with E-state index in [1.54, 1.807) is 17.5 Å². The van der Waals surface area contributed by atoms with Gasteiger partial charge in [-0.3, -0.25) is 9.48 Å². The molecule has 0 spiro atoms. The summed E-state index contributed by atoms with van der Waals surface area (Å²) in [7, 11) is 3.80. The predicted octanol–water partition coefficient (Wildman–Crippen LogP) is 2.59. The van der Waals surface area contributed by atoms with Gasteiger partial charge in [0.25, 0.3) is 5.56 Å². The van der Waals surface area contributed by atoms with Crippen LogP contribution in [-0.4, -0.2) is 29.1 Å². The molecule has 0 amide bonds. The highest BCUT2D eigenvalue weighted by Gasteiger charge is 2.17. The molecule has 0 fully saturated rings. The van der Waals surface area contributed by atoms with Crippen molar-refractivity contribution in [2.75, 3.05) is 0 Å². The maximum atomic E-state index is 13.1. The molecule has 1 aromatic carbocycles. The maximum Gasteiger partial charge on any atom is 0.291 e. The maximum absolute atomic E-state index is 13.1. The van der Waals surface area contributed by atoms with Gasteiger partial charge in [-0.2, -0.15) is 10.2 Å². The smallest absolute Gasteiger partial charge is 0.291 e. The van der Waals surface area contributed by atoms with Crippen LogP contribution >= 0.6 is 11.3 Å². The summed E-state index contributed by atoms with van der Waals surface area (Å²) in [6, 6.07) is 6.01. The number of nitrogens with zero attached hydrogens (tertiary/aromatic N) is 6. The number of benzene rings is 1. The molecule has 0 aliphatic heterocycles. The van der Waals surface area contributed by atoms with E-state index in [-0.39, 0.29) is 5.56 Å². The lowest BCUT2D eigenvalue weighted by molar-refractivity contribution is 0.647. The molecule has 26 heavy (non-hydrogen) atoms. The van der Waals surface area contributed by atoms with Gasteiger partial charge in [0.1, 0.15) is 5.52 Å². The number of fused-ring (bicyclic) bond motifs is 4. The first-order valence-corrected chi connectivity index (χ1v) is 9.07. The van der Waals surface area contributed by atoms with Gasteiger partial charge in [-0.1, -0.05) is 12.1 Å². The number of thiazole rings is 1. The molecule has 0 bridgehead atoms. The third-order valence-corrected chi connectivity index (χ3v) is 5.83. The SMILES string of the molecule is Cc1nc2c(s1)c1cnn(Cc3cccc4c3cnn4C)c(=O)c1n2C. The third-order valence-electron chi connectivity index (χ3n) is 4.83. The first kappa shape index (κ1) is 15.3. The molecule has 8 heteroatoms. The van der Waals surface area contributed by atoms with Gasteiger partial charge in [-0.15, -0.1) is 11.3 Å². The minimum absolute atomic E-state index is 0.103. The number of aryl methyl sites for hydroxylation is 3. The highest BCUT2D eigenvalue weighted by atomic mass is 32.1. The standard InChI is InChI=1S/C18H16N6OS/c1-10-21-17-16(26-10)13-8-20-24(18(25)15(13)22(17)2)9-11-5-4-6-14-12(11)7-19-23(14)3/h4-8H,9H2,1-3H3. The van der Waals surface area contributed by atoms with E-state index in [0.717, 1.165) is 37.2 Å². The summed E-state index contributed by atoms with van der Waals surface area (Å²) in [6.45, 7) is 2.38. The van der Waals surface area contributed by atoms with Crippen LogP contribution in [0.1, 0.15) is 10.6 Å². The van der Waals surface area contributed by atoms with Crippen LogP contribution in [0.3, 0.4) is 0 Å². The van der Waals surface area contributed by atoms with Crippen molar-refractivity contribution in [3.8, 4) is 0 Å². The Morgan fingerprint density at radius 1 is 1.12 bits per heavy atom. The lowest BCUT2D eigenvalue weighted by Crippen LogP contribution is -2.24. The minimum atomic E-state index is -0.103. The highest BCUT2D eigenvalue weighted by molar-refractivity contribution is 7.19. The van der Waals surface area contributed by atoms with Crippen LogP contribution in [0.25, 0.3) is 32.2 Å². The Balaban J connectivity index is 1.71. The summed E-state index contributed by atoms with van der Waals surface area (Å²) in [6.07, 6.45) is 3.61. The fourth-order valence-corrected chi connectivity index (χ4v) is 4.50. The summed E-state index contributed by atoms with van der Waals surface area (Å²) >= 11 is 1.59. The van der Waals surface area contributed by atoms with Crippen LogP contribution in [0.2, 0.25) is 0 Å². The molecule has 0 aliphatic carbocycles. The lowest BCUT2D eigenvalue weighted by atomic mass is 10.1. The normalized spacial score (nSPS) is 12.0. The van der Waals surface area contributed by atoms with Crippen LogP contribution in [-0.2, 0) is 20.6 Å². The van der Waals surface area contributed by atoms with Crippen molar-refractivity contribution in [1.29, 1.82) is 0 Å². The van der Waals surface area contributed by atoms with E-state index in [4.69, 9.17) is 0 Å². The fraction of sp³-hybridized carbons (Fsp3) is 0.222. The van der Waals surface area contributed by atoms with Crippen molar-refractivity contribution in [3.63, 3.8) is 0 Å². The zero-order valence-electron chi connectivity index (χ0n) is 14.6. The molecule has 130 valence electrons. The molecular weight excluding hydrogens is 348 g/mol. The molecule has 7 nitrogen and oxygen atoms in total. The Kier molecular flexibility index (Phi) is 3.08. The Morgan fingerprint density at radius 2 is 1.92 bits per heavy atom. The number of rotatable bonds is 2. The second-order valence-electron chi connectivity index (χ2n) is 6.43. The molecule has 0 N–H and O–H groups in total. The predicted molar refractivity (Wildman–Crippen MR) is 103 cm³/mol. The third kappa shape index (κ3) is 1.99. The Bertz CT molecular complexity index is 1370. The van der Waals surface area contributed by atoms with E-state index in [1.807, 2.05) is 54.7 Å². The largest absolute Gasteiger partial charge is 0.323 e. The van der Waals surface area contributed by atoms with E-state index < -0.39 is 0 Å². The van der Waals surface area contributed by atoms with Gasteiger partial charge >= 0.3 is 0 Å². The second-order valence-corrected chi connectivity index (χ2v) is 7.64. The van der Waals surface area contributed by atoms with Gasteiger partial charge in [-0.05, 0) is 18.6 Å². The van der Waals surface area contributed by atoms with Crippen LogP contribution < -0.4 is 5.56 Å². The van der Waals surface area contributed by atoms with Crippen molar-refractivity contribution in [2.45, 2.75) is 13.5 Å². The Hall–Kier alpha value is -3.00.